The number of rotatable bonds is 11. The summed E-state index contributed by atoms with van der Waals surface area (Å²) in [5, 5.41) is 7.57. The van der Waals surface area contributed by atoms with Gasteiger partial charge in [0, 0.05) is 50.0 Å². The maximum atomic E-state index is 6.10. The molecule has 0 saturated carbocycles. The van der Waals surface area contributed by atoms with Crippen LogP contribution in [-0.2, 0) is 9.47 Å². The summed E-state index contributed by atoms with van der Waals surface area (Å²) < 4.78 is 11.0. The molecule has 0 radical (unpaired) electrons. The maximum absolute atomic E-state index is 6.10. The number of anilines is 1. The second-order valence-corrected chi connectivity index (χ2v) is 7.07. The normalized spacial score (nSPS) is 16.8. The summed E-state index contributed by atoms with van der Waals surface area (Å²) in [5.41, 5.74) is 1.17. The zero-order valence-electron chi connectivity index (χ0n) is 17.0. The summed E-state index contributed by atoms with van der Waals surface area (Å²) in [5.74, 6) is 0.815. The molecule has 1 aromatic carbocycles. The van der Waals surface area contributed by atoms with Crippen LogP contribution in [0.5, 0.6) is 0 Å². The third-order valence-electron chi connectivity index (χ3n) is 4.48. The molecule has 0 aromatic heterocycles. The minimum atomic E-state index is 0. The van der Waals surface area contributed by atoms with Crippen molar-refractivity contribution in [2.45, 2.75) is 32.2 Å². The molecule has 1 heterocycles. The molecule has 0 amide bonds. The number of halogens is 2. The van der Waals surface area contributed by atoms with E-state index in [2.05, 4.69) is 33.5 Å². The van der Waals surface area contributed by atoms with E-state index in [4.69, 9.17) is 21.1 Å². The Morgan fingerprint density at radius 2 is 2.04 bits per heavy atom. The lowest BCUT2D eigenvalue weighted by Crippen LogP contribution is -2.45. The average Bonchev–Trinajstić information content (AvgIpc) is 3.14. The largest absolute Gasteiger partial charge is 0.379 e. The van der Waals surface area contributed by atoms with E-state index in [1.807, 2.05) is 18.2 Å². The molecule has 0 spiro atoms. The highest BCUT2D eigenvalue weighted by molar-refractivity contribution is 14.0. The molecule has 28 heavy (non-hydrogen) atoms. The first-order valence-corrected chi connectivity index (χ1v) is 10.2. The van der Waals surface area contributed by atoms with E-state index < -0.39 is 0 Å². The van der Waals surface area contributed by atoms with Gasteiger partial charge in [-0.1, -0.05) is 31.0 Å². The summed E-state index contributed by atoms with van der Waals surface area (Å²) >= 11 is 6.10. The van der Waals surface area contributed by atoms with Crippen LogP contribution in [-0.4, -0.2) is 65.1 Å². The predicted molar refractivity (Wildman–Crippen MR) is 129 cm³/mol. The molecular formula is C20H34ClIN4O2. The van der Waals surface area contributed by atoms with Gasteiger partial charge in [0.1, 0.15) is 0 Å². The van der Waals surface area contributed by atoms with E-state index >= 15 is 0 Å². The number of hydrogen-bond acceptors (Lipinski definition) is 4. The van der Waals surface area contributed by atoms with Gasteiger partial charge in [0.15, 0.2) is 5.96 Å². The van der Waals surface area contributed by atoms with Gasteiger partial charge in [0.25, 0.3) is 0 Å². The van der Waals surface area contributed by atoms with Crippen molar-refractivity contribution in [1.29, 1.82) is 0 Å². The van der Waals surface area contributed by atoms with Crippen molar-refractivity contribution in [3.63, 3.8) is 0 Å². The molecule has 1 saturated heterocycles. The third kappa shape index (κ3) is 9.62. The van der Waals surface area contributed by atoms with Crippen LogP contribution in [0.4, 0.5) is 5.69 Å². The first-order valence-electron chi connectivity index (χ1n) is 9.86. The van der Waals surface area contributed by atoms with Crippen LogP contribution in [0.1, 0.15) is 26.2 Å². The molecule has 160 valence electrons. The van der Waals surface area contributed by atoms with Crippen LogP contribution in [0.3, 0.4) is 0 Å². The van der Waals surface area contributed by atoms with Crippen LogP contribution >= 0.6 is 35.6 Å². The van der Waals surface area contributed by atoms with Crippen molar-refractivity contribution >= 4 is 47.2 Å². The van der Waals surface area contributed by atoms with Crippen molar-refractivity contribution in [2.75, 3.05) is 58.0 Å². The quantitative estimate of drug-likeness (QED) is 0.201. The van der Waals surface area contributed by atoms with E-state index in [0.717, 1.165) is 56.5 Å². The van der Waals surface area contributed by atoms with Gasteiger partial charge in [0.2, 0.25) is 0 Å². The second-order valence-electron chi connectivity index (χ2n) is 6.63. The highest BCUT2D eigenvalue weighted by Gasteiger charge is 2.23. The van der Waals surface area contributed by atoms with E-state index in [1.165, 1.54) is 5.69 Å². The lowest BCUT2D eigenvalue weighted by Gasteiger charge is -2.20. The number of ether oxygens (including phenoxy) is 2. The van der Waals surface area contributed by atoms with Gasteiger partial charge >= 0.3 is 0 Å². The topological polar surface area (TPSA) is 58.1 Å². The van der Waals surface area contributed by atoms with Crippen LogP contribution < -0.4 is 15.5 Å². The second kappa shape index (κ2) is 15.1. The van der Waals surface area contributed by atoms with Gasteiger partial charge in [-0.25, -0.2) is 0 Å². The number of hydrogen-bond donors (Lipinski definition) is 2. The van der Waals surface area contributed by atoms with Gasteiger partial charge in [-0.15, -0.1) is 24.0 Å². The molecule has 6 nitrogen and oxygen atoms in total. The summed E-state index contributed by atoms with van der Waals surface area (Å²) in [7, 11) is 1.79. The van der Waals surface area contributed by atoms with Crippen LogP contribution in [0, 0.1) is 0 Å². The Bertz CT molecular complexity index is 577. The van der Waals surface area contributed by atoms with E-state index in [0.29, 0.717) is 25.9 Å². The molecule has 1 aliphatic rings. The number of aliphatic imine (C=N–C) groups is 1. The van der Waals surface area contributed by atoms with Crippen LogP contribution in [0.25, 0.3) is 0 Å². The van der Waals surface area contributed by atoms with Crippen molar-refractivity contribution in [3.8, 4) is 0 Å². The molecule has 2 rings (SSSR count). The molecule has 2 N–H and O–H groups in total. The highest BCUT2D eigenvalue weighted by Crippen LogP contribution is 2.23. The molecule has 1 aromatic rings. The molecular weight excluding hydrogens is 491 g/mol. The predicted octanol–water partition coefficient (Wildman–Crippen LogP) is 3.54. The summed E-state index contributed by atoms with van der Waals surface area (Å²) in [6.45, 7) is 7.58. The Balaban J connectivity index is 0.00000392. The van der Waals surface area contributed by atoms with E-state index in [1.54, 1.807) is 7.05 Å². The van der Waals surface area contributed by atoms with Crippen molar-refractivity contribution < 1.29 is 9.47 Å². The Morgan fingerprint density at radius 3 is 2.75 bits per heavy atom. The fraction of sp³-hybridized carbons (Fsp3) is 0.650. The Labute approximate surface area is 191 Å². The van der Waals surface area contributed by atoms with E-state index in [9.17, 15) is 0 Å². The van der Waals surface area contributed by atoms with Crippen molar-refractivity contribution in [3.05, 3.63) is 29.3 Å². The first kappa shape index (κ1) is 25.3. The Hall–Kier alpha value is -0.770. The van der Waals surface area contributed by atoms with Gasteiger partial charge in [0.05, 0.1) is 19.8 Å². The Morgan fingerprint density at radius 1 is 1.25 bits per heavy atom. The van der Waals surface area contributed by atoms with Crippen LogP contribution in [0.15, 0.2) is 29.3 Å². The SMILES string of the molecule is CCCCOCCOCCNC(=NC)NC1CCN(c2cccc(Cl)c2)C1.I. The van der Waals surface area contributed by atoms with Gasteiger partial charge in [-0.2, -0.15) is 0 Å². The lowest BCUT2D eigenvalue weighted by molar-refractivity contribution is 0.0487. The lowest BCUT2D eigenvalue weighted by atomic mass is 10.3. The molecule has 1 unspecified atom stereocenters. The van der Waals surface area contributed by atoms with Gasteiger partial charge < -0.3 is 25.0 Å². The summed E-state index contributed by atoms with van der Waals surface area (Å²) in [6.07, 6.45) is 3.34. The smallest absolute Gasteiger partial charge is 0.191 e. The molecule has 1 aliphatic heterocycles. The number of nitrogens with zero attached hydrogens (tertiary/aromatic N) is 2. The number of unbranched alkanes of at least 4 members (excludes halogenated alkanes) is 1. The summed E-state index contributed by atoms with van der Waals surface area (Å²) in [4.78, 5) is 6.65. The van der Waals surface area contributed by atoms with Crippen molar-refractivity contribution in [1.82, 2.24) is 10.6 Å². The molecule has 1 fully saturated rings. The average molecular weight is 525 g/mol. The van der Waals surface area contributed by atoms with Gasteiger partial charge in [-0.05, 0) is 31.0 Å². The minimum Gasteiger partial charge on any atom is -0.379 e. The standard InChI is InChI=1S/C20H33ClN4O2.HI/c1-3-4-11-26-13-14-27-12-9-23-20(22-2)24-18-8-10-25(16-18)19-7-5-6-17(21)15-19;/h5-7,15,18H,3-4,8-14,16H2,1-2H3,(H2,22,23,24);1H. The third-order valence-corrected chi connectivity index (χ3v) is 4.71. The molecule has 0 aliphatic carbocycles. The number of nitrogens with one attached hydrogen (secondary N) is 2. The minimum absolute atomic E-state index is 0. The fourth-order valence-corrected chi connectivity index (χ4v) is 3.17. The Kier molecular flexibility index (Phi) is 13.6. The molecule has 0 bridgehead atoms. The maximum Gasteiger partial charge on any atom is 0.191 e. The number of guanidine groups is 1. The zero-order valence-corrected chi connectivity index (χ0v) is 20.0. The molecule has 8 heteroatoms. The van der Waals surface area contributed by atoms with Crippen LogP contribution in [0.2, 0.25) is 5.02 Å². The van der Waals surface area contributed by atoms with E-state index in [-0.39, 0.29) is 24.0 Å². The monoisotopic (exact) mass is 524 g/mol. The highest BCUT2D eigenvalue weighted by atomic mass is 127. The fourth-order valence-electron chi connectivity index (χ4n) is 2.98. The molecule has 1 atom stereocenters. The summed E-state index contributed by atoms with van der Waals surface area (Å²) in [6, 6.07) is 8.38. The van der Waals surface area contributed by atoms with Gasteiger partial charge in [-0.3, -0.25) is 4.99 Å². The van der Waals surface area contributed by atoms with Crippen molar-refractivity contribution in [2.24, 2.45) is 4.99 Å². The zero-order chi connectivity index (χ0) is 19.3. The number of benzene rings is 1. The first-order chi connectivity index (χ1) is 13.2.